The average Bonchev–Trinajstić information content (AvgIpc) is 2.87. The maximum absolute atomic E-state index is 12.2. The SMILES string of the molecule is CCN1CCC(CNC(=O)N2CCC(C(=O)O)C2C)CC1. The first-order valence-electron chi connectivity index (χ1n) is 8.02. The maximum atomic E-state index is 12.2. The van der Waals surface area contributed by atoms with E-state index in [1.54, 1.807) is 4.90 Å². The zero-order valence-electron chi connectivity index (χ0n) is 13.0. The van der Waals surface area contributed by atoms with Crippen molar-refractivity contribution in [1.82, 2.24) is 15.1 Å². The zero-order chi connectivity index (χ0) is 15.4. The molecule has 2 amide bonds. The Hall–Kier alpha value is -1.30. The van der Waals surface area contributed by atoms with Crippen LogP contribution in [-0.4, -0.2) is 65.7 Å². The minimum atomic E-state index is -0.801. The summed E-state index contributed by atoms with van der Waals surface area (Å²) >= 11 is 0. The van der Waals surface area contributed by atoms with E-state index in [-0.39, 0.29) is 12.1 Å². The van der Waals surface area contributed by atoms with Crippen LogP contribution in [-0.2, 0) is 4.79 Å². The number of rotatable bonds is 4. The number of carbonyl (C=O) groups is 2. The van der Waals surface area contributed by atoms with Gasteiger partial charge in [-0.3, -0.25) is 4.79 Å². The number of carbonyl (C=O) groups excluding carboxylic acids is 1. The van der Waals surface area contributed by atoms with Crippen molar-refractivity contribution >= 4 is 12.0 Å². The quantitative estimate of drug-likeness (QED) is 0.818. The Morgan fingerprint density at radius 2 is 1.86 bits per heavy atom. The highest BCUT2D eigenvalue weighted by Gasteiger charge is 2.38. The summed E-state index contributed by atoms with van der Waals surface area (Å²) < 4.78 is 0. The predicted octanol–water partition coefficient (Wildman–Crippen LogP) is 1.22. The molecule has 0 aromatic heterocycles. The molecule has 2 rings (SSSR count). The Bertz CT molecular complexity index is 380. The normalized spacial score (nSPS) is 27.8. The van der Waals surface area contributed by atoms with Gasteiger partial charge in [-0.25, -0.2) is 4.79 Å². The molecule has 2 fully saturated rings. The Labute approximate surface area is 126 Å². The van der Waals surface area contributed by atoms with Crippen LogP contribution in [0, 0.1) is 11.8 Å². The topological polar surface area (TPSA) is 72.9 Å². The molecule has 2 saturated heterocycles. The van der Waals surface area contributed by atoms with Gasteiger partial charge in [-0.05, 0) is 51.7 Å². The molecule has 120 valence electrons. The number of hydrogen-bond acceptors (Lipinski definition) is 3. The highest BCUT2D eigenvalue weighted by molar-refractivity contribution is 5.78. The van der Waals surface area contributed by atoms with E-state index in [1.807, 2.05) is 6.92 Å². The average molecular weight is 297 g/mol. The zero-order valence-corrected chi connectivity index (χ0v) is 13.0. The molecular weight excluding hydrogens is 270 g/mol. The summed E-state index contributed by atoms with van der Waals surface area (Å²) in [6.07, 6.45) is 2.81. The van der Waals surface area contributed by atoms with Crippen LogP contribution in [0.2, 0.25) is 0 Å². The standard InChI is InChI=1S/C15H27N3O3/c1-3-17-7-4-12(5-8-17)10-16-15(21)18-9-6-13(11(18)2)14(19)20/h11-13H,3-10H2,1-2H3,(H,16,21)(H,19,20). The van der Waals surface area contributed by atoms with Crippen LogP contribution in [0.1, 0.15) is 33.1 Å². The van der Waals surface area contributed by atoms with E-state index in [0.717, 1.165) is 32.5 Å². The molecule has 0 aromatic carbocycles. The number of nitrogens with one attached hydrogen (secondary N) is 1. The second kappa shape index (κ2) is 7.11. The van der Waals surface area contributed by atoms with Crippen molar-refractivity contribution in [3.8, 4) is 0 Å². The van der Waals surface area contributed by atoms with Crippen LogP contribution >= 0.6 is 0 Å². The summed E-state index contributed by atoms with van der Waals surface area (Å²) in [4.78, 5) is 27.4. The van der Waals surface area contributed by atoms with Gasteiger partial charge >= 0.3 is 12.0 Å². The maximum Gasteiger partial charge on any atom is 0.317 e. The number of carboxylic acids is 1. The second-order valence-corrected chi connectivity index (χ2v) is 6.23. The lowest BCUT2D eigenvalue weighted by molar-refractivity contribution is -0.142. The van der Waals surface area contributed by atoms with Crippen LogP contribution in [0.15, 0.2) is 0 Å². The summed E-state index contributed by atoms with van der Waals surface area (Å²) in [6, 6.07) is -0.325. The molecule has 0 aliphatic carbocycles. The molecule has 0 bridgehead atoms. The van der Waals surface area contributed by atoms with Gasteiger partial charge < -0.3 is 20.2 Å². The lowest BCUT2D eigenvalue weighted by Gasteiger charge is -2.31. The van der Waals surface area contributed by atoms with E-state index in [0.29, 0.717) is 25.4 Å². The van der Waals surface area contributed by atoms with Crippen LogP contribution in [0.25, 0.3) is 0 Å². The van der Waals surface area contributed by atoms with Crippen LogP contribution < -0.4 is 5.32 Å². The monoisotopic (exact) mass is 297 g/mol. The Morgan fingerprint density at radius 1 is 1.19 bits per heavy atom. The highest BCUT2D eigenvalue weighted by atomic mass is 16.4. The smallest absolute Gasteiger partial charge is 0.317 e. The van der Waals surface area contributed by atoms with E-state index in [1.165, 1.54) is 0 Å². The van der Waals surface area contributed by atoms with Gasteiger partial charge in [0.25, 0.3) is 0 Å². The number of aliphatic carboxylic acids is 1. The molecule has 0 spiro atoms. The summed E-state index contributed by atoms with van der Waals surface area (Å²) in [5.41, 5.74) is 0. The third-order valence-corrected chi connectivity index (χ3v) is 5.03. The van der Waals surface area contributed by atoms with Gasteiger partial charge in [0, 0.05) is 19.1 Å². The van der Waals surface area contributed by atoms with E-state index in [2.05, 4.69) is 17.1 Å². The molecule has 21 heavy (non-hydrogen) atoms. The van der Waals surface area contributed by atoms with Crippen molar-refractivity contribution in [2.75, 3.05) is 32.7 Å². The van der Waals surface area contributed by atoms with Gasteiger partial charge in [-0.1, -0.05) is 6.92 Å². The van der Waals surface area contributed by atoms with Crippen molar-refractivity contribution in [2.24, 2.45) is 11.8 Å². The molecule has 6 nitrogen and oxygen atoms in total. The fourth-order valence-electron chi connectivity index (χ4n) is 3.40. The fraction of sp³-hybridized carbons (Fsp3) is 0.867. The molecule has 6 heteroatoms. The number of piperidine rings is 1. The predicted molar refractivity (Wildman–Crippen MR) is 80.1 cm³/mol. The van der Waals surface area contributed by atoms with Crippen molar-refractivity contribution < 1.29 is 14.7 Å². The van der Waals surface area contributed by atoms with Gasteiger partial charge in [0.05, 0.1) is 5.92 Å². The van der Waals surface area contributed by atoms with Crippen molar-refractivity contribution in [3.63, 3.8) is 0 Å². The summed E-state index contributed by atoms with van der Waals surface area (Å²) in [5.74, 6) is -0.682. The molecule has 0 radical (unpaired) electrons. The molecule has 2 atom stereocenters. The van der Waals surface area contributed by atoms with Gasteiger partial charge in [0.15, 0.2) is 0 Å². The van der Waals surface area contributed by atoms with Gasteiger partial charge in [-0.2, -0.15) is 0 Å². The van der Waals surface area contributed by atoms with Crippen molar-refractivity contribution in [2.45, 2.75) is 39.2 Å². The highest BCUT2D eigenvalue weighted by Crippen LogP contribution is 2.24. The van der Waals surface area contributed by atoms with E-state index in [4.69, 9.17) is 5.11 Å². The summed E-state index contributed by atoms with van der Waals surface area (Å²) in [7, 11) is 0. The van der Waals surface area contributed by atoms with E-state index in [9.17, 15) is 9.59 Å². The minimum absolute atomic E-state index is 0.107. The van der Waals surface area contributed by atoms with E-state index < -0.39 is 11.9 Å². The summed E-state index contributed by atoms with van der Waals surface area (Å²) in [6.45, 7) is 8.56. The third kappa shape index (κ3) is 3.87. The Balaban J connectivity index is 1.74. The Morgan fingerprint density at radius 3 is 2.38 bits per heavy atom. The Kier molecular flexibility index (Phi) is 5.45. The molecule has 2 aliphatic rings. The second-order valence-electron chi connectivity index (χ2n) is 6.23. The van der Waals surface area contributed by atoms with Crippen LogP contribution in [0.3, 0.4) is 0 Å². The van der Waals surface area contributed by atoms with Crippen molar-refractivity contribution in [1.29, 1.82) is 0 Å². The number of nitrogens with zero attached hydrogens (tertiary/aromatic N) is 2. The van der Waals surface area contributed by atoms with Gasteiger partial charge in [0.2, 0.25) is 0 Å². The molecule has 0 aromatic rings. The number of hydrogen-bond donors (Lipinski definition) is 2. The largest absolute Gasteiger partial charge is 0.481 e. The first-order chi connectivity index (χ1) is 10.0. The molecule has 2 N–H and O–H groups in total. The third-order valence-electron chi connectivity index (χ3n) is 5.03. The lowest BCUT2D eigenvalue weighted by atomic mass is 9.97. The van der Waals surface area contributed by atoms with E-state index >= 15 is 0 Å². The summed E-state index contributed by atoms with van der Waals surface area (Å²) in [5, 5.41) is 12.1. The number of urea groups is 1. The first-order valence-corrected chi connectivity index (χ1v) is 8.02. The molecule has 2 unspecified atom stereocenters. The van der Waals surface area contributed by atoms with Gasteiger partial charge in [0.1, 0.15) is 0 Å². The van der Waals surface area contributed by atoms with Crippen LogP contribution in [0.5, 0.6) is 0 Å². The molecule has 0 saturated carbocycles. The first kappa shape index (κ1) is 16.1. The van der Waals surface area contributed by atoms with Crippen LogP contribution in [0.4, 0.5) is 4.79 Å². The fourth-order valence-corrected chi connectivity index (χ4v) is 3.40. The molecule has 2 heterocycles. The molecular formula is C15H27N3O3. The van der Waals surface area contributed by atoms with Gasteiger partial charge in [-0.15, -0.1) is 0 Å². The number of amides is 2. The molecule has 2 aliphatic heterocycles. The lowest BCUT2D eigenvalue weighted by Crippen LogP contribution is -2.46. The minimum Gasteiger partial charge on any atom is -0.481 e. The van der Waals surface area contributed by atoms with Crippen molar-refractivity contribution in [3.05, 3.63) is 0 Å². The number of carboxylic acid groups (broad SMARTS) is 1. The number of likely N-dealkylation sites (tertiary alicyclic amines) is 2.